The van der Waals surface area contributed by atoms with Crippen molar-refractivity contribution in [3.05, 3.63) is 35.4 Å². The van der Waals surface area contributed by atoms with E-state index in [9.17, 15) is 8.78 Å². The van der Waals surface area contributed by atoms with Gasteiger partial charge in [0, 0.05) is 42.7 Å². The molecule has 4 rings (SSSR count). The van der Waals surface area contributed by atoms with Crippen LogP contribution in [0.3, 0.4) is 0 Å². The molecule has 1 aromatic carbocycles. The van der Waals surface area contributed by atoms with Gasteiger partial charge in [-0.1, -0.05) is 18.9 Å². The van der Waals surface area contributed by atoms with Crippen LogP contribution in [-0.2, 0) is 4.74 Å². The third kappa shape index (κ3) is 3.57. The Bertz CT molecular complexity index is 708. The standard InChI is InChI=1S/C20H27F2N3O.HI/c1-12(14-6-5-13(21)11-16(14)22)24-19(23-2)25-17-15-7-10-26-18(15)20(17)8-3-4-9-20;/h5-6,11-12,15,17-18H,3-4,7-10H2,1-2H3,(H2,23,24,25);1H. The summed E-state index contributed by atoms with van der Waals surface area (Å²) < 4.78 is 33.2. The first-order valence-corrected chi connectivity index (χ1v) is 9.61. The summed E-state index contributed by atoms with van der Waals surface area (Å²) in [6, 6.07) is 3.74. The van der Waals surface area contributed by atoms with Crippen LogP contribution in [0.2, 0.25) is 0 Å². The van der Waals surface area contributed by atoms with Gasteiger partial charge in [0.15, 0.2) is 5.96 Å². The Morgan fingerprint density at radius 2 is 2.04 bits per heavy atom. The van der Waals surface area contributed by atoms with Crippen molar-refractivity contribution in [1.82, 2.24) is 10.6 Å². The SMILES string of the molecule is CN=C(NC(C)c1ccc(F)cc1F)NC1C2CCOC2C12CCCC2.I. The summed E-state index contributed by atoms with van der Waals surface area (Å²) in [5, 5.41) is 6.87. The fraction of sp³-hybridized carbons (Fsp3) is 0.650. The van der Waals surface area contributed by atoms with Crippen LogP contribution in [0.4, 0.5) is 8.78 Å². The Labute approximate surface area is 176 Å². The summed E-state index contributed by atoms with van der Waals surface area (Å²) in [6.45, 7) is 2.70. The lowest BCUT2D eigenvalue weighted by atomic mass is 9.54. The van der Waals surface area contributed by atoms with Crippen molar-refractivity contribution in [2.24, 2.45) is 16.3 Å². The van der Waals surface area contributed by atoms with Crippen molar-refractivity contribution in [1.29, 1.82) is 0 Å². The number of ether oxygens (including phenoxy) is 1. The molecule has 4 atom stereocenters. The second-order valence-corrected chi connectivity index (χ2v) is 7.91. The van der Waals surface area contributed by atoms with E-state index in [4.69, 9.17) is 4.74 Å². The van der Waals surface area contributed by atoms with Gasteiger partial charge in [0.2, 0.25) is 0 Å². The molecule has 4 nitrogen and oxygen atoms in total. The first kappa shape index (κ1) is 20.8. The van der Waals surface area contributed by atoms with E-state index in [2.05, 4.69) is 15.6 Å². The molecule has 2 N–H and O–H groups in total. The maximum absolute atomic E-state index is 14.1. The highest BCUT2D eigenvalue weighted by atomic mass is 127. The van der Waals surface area contributed by atoms with Crippen LogP contribution in [-0.4, -0.2) is 31.8 Å². The molecule has 2 saturated carbocycles. The highest BCUT2D eigenvalue weighted by molar-refractivity contribution is 14.0. The molecule has 1 aromatic rings. The first-order valence-electron chi connectivity index (χ1n) is 9.61. The average molecular weight is 491 g/mol. The third-order valence-electron chi connectivity index (χ3n) is 6.58. The lowest BCUT2D eigenvalue weighted by Crippen LogP contribution is -2.69. The van der Waals surface area contributed by atoms with Crippen molar-refractivity contribution in [3.8, 4) is 0 Å². The van der Waals surface area contributed by atoms with E-state index >= 15 is 0 Å². The molecule has 1 saturated heterocycles. The van der Waals surface area contributed by atoms with Gasteiger partial charge in [-0.25, -0.2) is 8.78 Å². The zero-order chi connectivity index (χ0) is 18.3. The Hall–Kier alpha value is -0.960. The second kappa shape index (κ2) is 8.19. The Morgan fingerprint density at radius 3 is 2.70 bits per heavy atom. The minimum Gasteiger partial charge on any atom is -0.377 e. The molecule has 1 aliphatic heterocycles. The molecule has 0 amide bonds. The number of hydrogen-bond acceptors (Lipinski definition) is 2. The fourth-order valence-corrected chi connectivity index (χ4v) is 5.36. The number of guanidine groups is 1. The van der Waals surface area contributed by atoms with Gasteiger partial charge in [0.05, 0.1) is 12.1 Å². The predicted molar refractivity (Wildman–Crippen MR) is 112 cm³/mol. The van der Waals surface area contributed by atoms with E-state index in [1.165, 1.54) is 37.8 Å². The second-order valence-electron chi connectivity index (χ2n) is 7.91. The molecule has 0 bridgehead atoms. The maximum atomic E-state index is 14.1. The van der Waals surface area contributed by atoms with Gasteiger partial charge in [0.1, 0.15) is 11.6 Å². The predicted octanol–water partition coefficient (Wildman–Crippen LogP) is 4.16. The lowest BCUT2D eigenvalue weighted by Gasteiger charge is -2.57. The van der Waals surface area contributed by atoms with Gasteiger partial charge < -0.3 is 15.4 Å². The van der Waals surface area contributed by atoms with Gasteiger partial charge in [-0.15, -0.1) is 24.0 Å². The van der Waals surface area contributed by atoms with Crippen LogP contribution in [0.25, 0.3) is 0 Å². The van der Waals surface area contributed by atoms with E-state index in [-0.39, 0.29) is 35.4 Å². The molecule has 150 valence electrons. The number of hydrogen-bond donors (Lipinski definition) is 2. The van der Waals surface area contributed by atoms with E-state index in [0.29, 0.717) is 29.6 Å². The van der Waals surface area contributed by atoms with Gasteiger partial charge in [-0.05, 0) is 32.3 Å². The number of nitrogens with one attached hydrogen (secondary N) is 2. The summed E-state index contributed by atoms with van der Waals surface area (Å²) in [4.78, 5) is 4.35. The molecule has 1 spiro atoms. The Kier molecular flexibility index (Phi) is 6.30. The molecular formula is C20H28F2IN3O. The zero-order valence-corrected chi connectivity index (χ0v) is 18.1. The first-order chi connectivity index (χ1) is 12.5. The molecule has 2 aliphatic carbocycles. The third-order valence-corrected chi connectivity index (χ3v) is 6.58. The largest absolute Gasteiger partial charge is 0.377 e. The van der Waals surface area contributed by atoms with E-state index in [1.54, 1.807) is 7.05 Å². The van der Waals surface area contributed by atoms with E-state index in [1.807, 2.05) is 6.92 Å². The maximum Gasteiger partial charge on any atom is 0.191 e. The minimum atomic E-state index is -0.564. The number of rotatable bonds is 3. The summed E-state index contributed by atoms with van der Waals surface area (Å²) in [6.07, 6.45) is 6.38. The van der Waals surface area contributed by atoms with Crippen molar-refractivity contribution in [3.63, 3.8) is 0 Å². The van der Waals surface area contributed by atoms with Crippen LogP contribution >= 0.6 is 24.0 Å². The average Bonchev–Trinajstić information content (AvgIpc) is 3.26. The summed E-state index contributed by atoms with van der Waals surface area (Å²) >= 11 is 0. The van der Waals surface area contributed by atoms with Gasteiger partial charge in [0.25, 0.3) is 0 Å². The molecular weight excluding hydrogens is 463 g/mol. The molecule has 1 heterocycles. The molecule has 27 heavy (non-hydrogen) atoms. The lowest BCUT2D eigenvalue weighted by molar-refractivity contribution is -0.125. The number of nitrogens with zero attached hydrogens (tertiary/aromatic N) is 1. The molecule has 3 fully saturated rings. The van der Waals surface area contributed by atoms with Crippen molar-refractivity contribution < 1.29 is 13.5 Å². The molecule has 7 heteroatoms. The van der Waals surface area contributed by atoms with Gasteiger partial charge in [-0.2, -0.15) is 0 Å². The molecule has 3 aliphatic rings. The molecule has 4 unspecified atom stereocenters. The number of aliphatic imine (C=N–C) groups is 1. The van der Waals surface area contributed by atoms with Crippen LogP contribution < -0.4 is 10.6 Å². The Morgan fingerprint density at radius 1 is 1.30 bits per heavy atom. The number of fused-ring (bicyclic) bond motifs is 2. The summed E-state index contributed by atoms with van der Waals surface area (Å²) in [5.41, 5.74) is 0.656. The van der Waals surface area contributed by atoms with Crippen LogP contribution in [0, 0.1) is 23.0 Å². The van der Waals surface area contributed by atoms with Crippen molar-refractivity contribution in [2.45, 2.75) is 57.2 Å². The smallest absolute Gasteiger partial charge is 0.191 e. The summed E-state index contributed by atoms with van der Waals surface area (Å²) in [7, 11) is 1.73. The topological polar surface area (TPSA) is 45.7 Å². The monoisotopic (exact) mass is 491 g/mol. The highest BCUT2D eigenvalue weighted by Crippen LogP contribution is 2.60. The fourth-order valence-electron chi connectivity index (χ4n) is 5.36. The van der Waals surface area contributed by atoms with Gasteiger partial charge >= 0.3 is 0 Å². The van der Waals surface area contributed by atoms with Crippen LogP contribution in [0.15, 0.2) is 23.2 Å². The zero-order valence-electron chi connectivity index (χ0n) is 15.8. The van der Waals surface area contributed by atoms with Crippen LogP contribution in [0.5, 0.6) is 0 Å². The Balaban J connectivity index is 0.00000210. The molecule has 0 radical (unpaired) electrons. The number of benzene rings is 1. The molecule has 0 aromatic heterocycles. The van der Waals surface area contributed by atoms with Crippen molar-refractivity contribution >= 4 is 29.9 Å². The van der Waals surface area contributed by atoms with E-state index in [0.717, 1.165) is 19.1 Å². The van der Waals surface area contributed by atoms with E-state index < -0.39 is 11.6 Å². The normalized spacial score (nSPS) is 29.6. The van der Waals surface area contributed by atoms with Crippen LogP contribution in [0.1, 0.15) is 50.6 Å². The minimum absolute atomic E-state index is 0. The highest BCUT2D eigenvalue weighted by Gasteiger charge is 2.65. The number of halogens is 3. The van der Waals surface area contributed by atoms with Crippen molar-refractivity contribution in [2.75, 3.05) is 13.7 Å². The van der Waals surface area contributed by atoms with Gasteiger partial charge in [-0.3, -0.25) is 4.99 Å². The quantitative estimate of drug-likeness (QED) is 0.380. The summed E-state index contributed by atoms with van der Waals surface area (Å²) in [5.74, 6) is 0.0962.